The Bertz CT molecular complexity index is 975. The molecule has 4 rings (SSSR count). The van der Waals surface area contributed by atoms with Crippen LogP contribution in [0.5, 0.6) is 11.5 Å². The van der Waals surface area contributed by atoms with Crippen molar-refractivity contribution >= 4 is 10.0 Å². The smallest absolute Gasteiger partial charge is 0.243 e. The molecule has 0 spiro atoms. The molecule has 1 saturated carbocycles. The lowest BCUT2D eigenvalue weighted by molar-refractivity contribution is -0.0641. The zero-order valence-corrected chi connectivity index (χ0v) is 17.6. The van der Waals surface area contributed by atoms with E-state index in [4.69, 9.17) is 9.47 Å². The van der Waals surface area contributed by atoms with Crippen molar-refractivity contribution < 1.29 is 23.0 Å². The van der Waals surface area contributed by atoms with Crippen molar-refractivity contribution in [1.82, 2.24) is 4.31 Å². The summed E-state index contributed by atoms with van der Waals surface area (Å²) in [4.78, 5) is 0.252. The van der Waals surface area contributed by atoms with Gasteiger partial charge in [-0.05, 0) is 67.1 Å². The highest BCUT2D eigenvalue weighted by Crippen LogP contribution is 2.49. The molecule has 0 aromatic heterocycles. The van der Waals surface area contributed by atoms with Gasteiger partial charge in [0.25, 0.3) is 0 Å². The number of ether oxygens (including phenoxy) is 2. The summed E-state index contributed by atoms with van der Waals surface area (Å²) in [5.74, 6) is 1.30. The summed E-state index contributed by atoms with van der Waals surface area (Å²) in [6.07, 6.45) is 2.41. The van der Waals surface area contributed by atoms with E-state index in [9.17, 15) is 13.5 Å². The monoisotopic (exact) mass is 417 g/mol. The number of methoxy groups -OCH3 is 2. The second kappa shape index (κ2) is 7.63. The van der Waals surface area contributed by atoms with Crippen LogP contribution in [0.15, 0.2) is 53.4 Å². The van der Waals surface area contributed by atoms with Gasteiger partial charge in [-0.2, -0.15) is 4.31 Å². The molecule has 1 heterocycles. The highest BCUT2D eigenvalue weighted by molar-refractivity contribution is 7.89. The molecule has 1 aliphatic heterocycles. The Hall–Kier alpha value is -2.09. The van der Waals surface area contributed by atoms with Crippen LogP contribution in [0.2, 0.25) is 0 Å². The minimum absolute atomic E-state index is 0.132. The van der Waals surface area contributed by atoms with Gasteiger partial charge in [0.1, 0.15) is 11.5 Å². The minimum atomic E-state index is -3.63. The van der Waals surface area contributed by atoms with Crippen LogP contribution in [-0.4, -0.2) is 45.1 Å². The van der Waals surface area contributed by atoms with E-state index in [1.54, 1.807) is 38.5 Å². The predicted octanol–water partition coefficient (Wildman–Crippen LogP) is 3.01. The van der Waals surface area contributed by atoms with Gasteiger partial charge in [-0.3, -0.25) is 0 Å². The van der Waals surface area contributed by atoms with Crippen molar-refractivity contribution in [3.63, 3.8) is 0 Å². The lowest BCUT2D eigenvalue weighted by Crippen LogP contribution is -2.43. The number of sulfonamides is 1. The Labute approximate surface area is 172 Å². The summed E-state index contributed by atoms with van der Waals surface area (Å²) in [7, 11) is -0.473. The van der Waals surface area contributed by atoms with Gasteiger partial charge in [0.05, 0.1) is 24.7 Å². The molecule has 0 unspecified atom stereocenters. The molecule has 2 fully saturated rings. The van der Waals surface area contributed by atoms with Gasteiger partial charge >= 0.3 is 0 Å². The van der Waals surface area contributed by atoms with E-state index < -0.39 is 15.6 Å². The largest absolute Gasteiger partial charge is 0.497 e. The lowest BCUT2D eigenvalue weighted by Gasteiger charge is -2.41. The van der Waals surface area contributed by atoms with Crippen molar-refractivity contribution in [3.8, 4) is 11.5 Å². The first-order valence-electron chi connectivity index (χ1n) is 9.89. The first-order valence-corrected chi connectivity index (χ1v) is 11.3. The van der Waals surface area contributed by atoms with Crippen molar-refractivity contribution in [1.29, 1.82) is 0 Å². The van der Waals surface area contributed by atoms with Gasteiger partial charge in [0.2, 0.25) is 10.0 Å². The number of benzene rings is 2. The predicted molar refractivity (Wildman–Crippen MR) is 109 cm³/mol. The van der Waals surface area contributed by atoms with E-state index in [-0.39, 0.29) is 16.7 Å². The van der Waals surface area contributed by atoms with E-state index in [2.05, 4.69) is 0 Å². The zero-order chi connectivity index (χ0) is 20.6. The average molecular weight is 418 g/mol. The fourth-order valence-corrected chi connectivity index (χ4v) is 6.35. The Morgan fingerprint density at radius 3 is 2.45 bits per heavy atom. The molecule has 3 atom stereocenters. The van der Waals surface area contributed by atoms with Crippen molar-refractivity contribution in [3.05, 3.63) is 54.1 Å². The van der Waals surface area contributed by atoms with Gasteiger partial charge in [-0.25, -0.2) is 8.42 Å². The van der Waals surface area contributed by atoms with E-state index in [0.717, 1.165) is 18.4 Å². The Morgan fingerprint density at radius 1 is 1.03 bits per heavy atom. The quantitative estimate of drug-likeness (QED) is 0.809. The number of nitrogens with zero attached hydrogens (tertiary/aromatic N) is 1. The standard InChI is InChI=1S/C22H27NO5S/c1-27-18-8-10-20(11-9-18)29(25,26)23-14-16-5-4-12-22(24,21(16)15-23)17-6-3-7-19(13-17)28-2/h3,6-11,13,16,21,24H,4-5,12,14-15H2,1-2H3/t16-,21-,22+/m0/s1. The molecule has 0 radical (unpaired) electrons. The second-order valence-electron chi connectivity index (χ2n) is 7.91. The van der Waals surface area contributed by atoms with Crippen molar-refractivity contribution in [2.75, 3.05) is 27.3 Å². The SMILES string of the molecule is COc1ccc(S(=O)(=O)N2C[C@@H]3CCC[C@@](O)(c4cccc(OC)c4)[C@H]3C2)cc1. The second-order valence-corrected chi connectivity index (χ2v) is 9.85. The third-order valence-corrected chi connectivity index (χ3v) is 8.27. The van der Waals surface area contributed by atoms with Crippen molar-refractivity contribution in [2.24, 2.45) is 11.8 Å². The van der Waals surface area contributed by atoms with Crippen LogP contribution in [0.25, 0.3) is 0 Å². The highest BCUT2D eigenvalue weighted by Gasteiger charge is 2.52. The molecule has 2 aliphatic rings. The number of fused-ring (bicyclic) bond motifs is 1. The van der Waals surface area contributed by atoms with Crippen LogP contribution >= 0.6 is 0 Å². The zero-order valence-electron chi connectivity index (χ0n) is 16.7. The maximum atomic E-state index is 13.2. The average Bonchev–Trinajstić information content (AvgIpc) is 3.21. The molecule has 1 aliphatic carbocycles. The molecule has 156 valence electrons. The molecule has 7 heteroatoms. The van der Waals surface area contributed by atoms with Gasteiger partial charge < -0.3 is 14.6 Å². The van der Waals surface area contributed by atoms with Crippen LogP contribution in [0.4, 0.5) is 0 Å². The fraction of sp³-hybridized carbons (Fsp3) is 0.455. The topological polar surface area (TPSA) is 76.1 Å². The minimum Gasteiger partial charge on any atom is -0.497 e. The Morgan fingerprint density at radius 2 is 1.76 bits per heavy atom. The normalized spacial score (nSPS) is 27.4. The molecule has 0 bridgehead atoms. The van der Waals surface area contributed by atoms with Crippen LogP contribution < -0.4 is 9.47 Å². The molecule has 2 aromatic rings. The molecular weight excluding hydrogens is 390 g/mol. The van der Waals surface area contributed by atoms with Gasteiger partial charge in [0.15, 0.2) is 0 Å². The summed E-state index contributed by atoms with van der Waals surface area (Å²) < 4.78 is 38.4. The molecular formula is C22H27NO5S. The molecule has 1 N–H and O–H groups in total. The maximum Gasteiger partial charge on any atom is 0.243 e. The lowest BCUT2D eigenvalue weighted by atomic mass is 9.67. The number of hydrogen-bond acceptors (Lipinski definition) is 5. The summed E-state index contributed by atoms with van der Waals surface area (Å²) >= 11 is 0. The number of hydrogen-bond donors (Lipinski definition) is 1. The third kappa shape index (κ3) is 3.52. The molecule has 0 amide bonds. The van der Waals surface area contributed by atoms with E-state index in [0.29, 0.717) is 31.0 Å². The third-order valence-electron chi connectivity index (χ3n) is 6.42. The Kier molecular flexibility index (Phi) is 5.31. The van der Waals surface area contributed by atoms with Gasteiger partial charge in [-0.1, -0.05) is 12.1 Å². The number of rotatable bonds is 5. The van der Waals surface area contributed by atoms with E-state index >= 15 is 0 Å². The fourth-order valence-electron chi connectivity index (χ4n) is 4.83. The first-order chi connectivity index (χ1) is 13.9. The van der Waals surface area contributed by atoms with Crippen molar-refractivity contribution in [2.45, 2.75) is 29.8 Å². The van der Waals surface area contributed by atoms with Crippen LogP contribution in [0.1, 0.15) is 24.8 Å². The molecule has 1 saturated heterocycles. The summed E-state index contributed by atoms with van der Waals surface area (Å²) in [6, 6.07) is 14.0. The summed E-state index contributed by atoms with van der Waals surface area (Å²) in [5.41, 5.74) is -0.253. The maximum absolute atomic E-state index is 13.2. The first kappa shape index (κ1) is 20.2. The Balaban J connectivity index is 1.63. The summed E-state index contributed by atoms with van der Waals surface area (Å²) in [6.45, 7) is 0.748. The summed E-state index contributed by atoms with van der Waals surface area (Å²) in [5, 5.41) is 11.7. The van der Waals surface area contributed by atoms with Gasteiger partial charge in [0, 0.05) is 19.0 Å². The van der Waals surface area contributed by atoms with Crippen LogP contribution in [-0.2, 0) is 15.6 Å². The van der Waals surface area contributed by atoms with E-state index in [1.165, 1.54) is 4.31 Å². The van der Waals surface area contributed by atoms with Crippen LogP contribution in [0, 0.1) is 11.8 Å². The molecule has 6 nitrogen and oxygen atoms in total. The van der Waals surface area contributed by atoms with E-state index in [1.807, 2.05) is 24.3 Å². The highest BCUT2D eigenvalue weighted by atomic mass is 32.2. The molecule has 2 aromatic carbocycles. The number of aliphatic hydroxyl groups is 1. The van der Waals surface area contributed by atoms with Gasteiger partial charge in [-0.15, -0.1) is 0 Å². The van der Waals surface area contributed by atoms with Crippen LogP contribution in [0.3, 0.4) is 0 Å². The molecule has 29 heavy (non-hydrogen) atoms.